The van der Waals surface area contributed by atoms with E-state index in [0.29, 0.717) is 19.3 Å². The van der Waals surface area contributed by atoms with E-state index in [9.17, 15) is 29.4 Å². The minimum absolute atomic E-state index is 0.00315. The van der Waals surface area contributed by atoms with Gasteiger partial charge in [0.15, 0.2) is 0 Å². The number of aliphatic hydroxyl groups excluding tert-OH is 1. The Morgan fingerprint density at radius 3 is 2.61 bits per heavy atom. The molecule has 8 heteroatoms. The number of likely N-dealkylation sites (tertiary alicyclic amines) is 1. The van der Waals surface area contributed by atoms with E-state index in [1.54, 1.807) is 0 Å². The van der Waals surface area contributed by atoms with Gasteiger partial charge in [0.05, 0.1) is 6.10 Å². The molecule has 0 aromatic rings. The number of nitrogens with zero attached hydrogens (tertiary/aromatic N) is 1. The number of carboxylic acids is 1. The first-order valence-electron chi connectivity index (χ1n) is 7.79. The molecule has 1 aliphatic heterocycles. The number of nitrogens with one attached hydrogen (secondary N) is 1. The molecule has 23 heavy (non-hydrogen) atoms. The molecular weight excluding hydrogens is 304 g/mol. The Labute approximate surface area is 133 Å². The summed E-state index contributed by atoms with van der Waals surface area (Å²) in [6.45, 7) is 1.36. The van der Waals surface area contributed by atoms with Crippen LogP contribution in [0.1, 0.15) is 39.0 Å². The number of β-amino-alcohol motifs (C(OH)–C–C–N with tert-alkyl or cyclic N) is 1. The molecule has 128 valence electrons. The topological polar surface area (TPSA) is 124 Å². The van der Waals surface area contributed by atoms with E-state index in [4.69, 9.17) is 0 Å². The van der Waals surface area contributed by atoms with Crippen molar-refractivity contribution in [3.8, 4) is 0 Å². The van der Waals surface area contributed by atoms with Crippen LogP contribution in [0.25, 0.3) is 0 Å². The normalized spacial score (nSPS) is 29.2. The lowest BCUT2D eigenvalue weighted by atomic mass is 9.83. The van der Waals surface area contributed by atoms with Crippen molar-refractivity contribution in [2.24, 2.45) is 5.92 Å². The molecule has 2 fully saturated rings. The van der Waals surface area contributed by atoms with E-state index in [1.807, 2.05) is 0 Å². The van der Waals surface area contributed by atoms with Gasteiger partial charge in [0.25, 0.3) is 0 Å². The lowest BCUT2D eigenvalue weighted by Gasteiger charge is -2.29. The molecule has 0 aromatic carbocycles. The van der Waals surface area contributed by atoms with Crippen molar-refractivity contribution in [1.29, 1.82) is 0 Å². The number of ketones is 1. The molecule has 1 aliphatic carbocycles. The fourth-order valence-corrected chi connectivity index (χ4v) is 3.38. The third-order valence-electron chi connectivity index (χ3n) is 4.54. The molecule has 2 rings (SSSR count). The van der Waals surface area contributed by atoms with Crippen molar-refractivity contribution in [3.05, 3.63) is 0 Å². The molecular formula is C15H22N2O6. The fraction of sp³-hybridized carbons (Fsp3) is 0.733. The smallest absolute Gasteiger partial charge is 0.326 e. The van der Waals surface area contributed by atoms with E-state index in [1.165, 1.54) is 11.8 Å². The van der Waals surface area contributed by atoms with Crippen molar-refractivity contribution in [2.75, 3.05) is 6.54 Å². The fourth-order valence-electron chi connectivity index (χ4n) is 3.38. The molecule has 2 amide bonds. The standard InChI is InChI=1S/C15H22N2O6/c1-8(18)17-7-11(20)6-12(17)14(21)16-13(15(22)23)9-3-2-4-10(19)5-9/h9,11-13,20H,2-7H2,1H3,(H,16,21)(H,22,23)/t9-,11+,12-,13-/m0/s1. The Morgan fingerprint density at radius 2 is 2.04 bits per heavy atom. The quantitative estimate of drug-likeness (QED) is 0.627. The van der Waals surface area contributed by atoms with E-state index in [0.717, 1.165) is 0 Å². The van der Waals surface area contributed by atoms with Gasteiger partial charge in [-0.05, 0) is 18.8 Å². The maximum absolute atomic E-state index is 12.4. The molecule has 2 aliphatic rings. The molecule has 3 N–H and O–H groups in total. The van der Waals surface area contributed by atoms with E-state index < -0.39 is 36.0 Å². The maximum Gasteiger partial charge on any atom is 0.326 e. The zero-order valence-electron chi connectivity index (χ0n) is 13.0. The van der Waals surface area contributed by atoms with Crippen LogP contribution in [-0.4, -0.2) is 63.4 Å². The Kier molecular flexibility index (Phi) is 5.35. The number of hydrogen-bond acceptors (Lipinski definition) is 5. The van der Waals surface area contributed by atoms with Gasteiger partial charge in [-0.3, -0.25) is 14.4 Å². The van der Waals surface area contributed by atoms with Gasteiger partial charge in [-0.25, -0.2) is 4.79 Å². The van der Waals surface area contributed by atoms with Crippen molar-refractivity contribution in [2.45, 2.75) is 57.2 Å². The largest absolute Gasteiger partial charge is 0.480 e. The second-order valence-electron chi connectivity index (χ2n) is 6.30. The van der Waals surface area contributed by atoms with E-state index in [-0.39, 0.29) is 31.1 Å². The number of carboxylic acid groups (broad SMARTS) is 1. The Hall–Kier alpha value is -1.96. The minimum atomic E-state index is -1.19. The zero-order valence-corrected chi connectivity index (χ0v) is 13.0. The highest BCUT2D eigenvalue weighted by Crippen LogP contribution is 2.25. The summed E-state index contributed by atoms with van der Waals surface area (Å²) in [5.74, 6) is -2.56. The van der Waals surface area contributed by atoms with Crippen LogP contribution >= 0.6 is 0 Å². The number of rotatable bonds is 4. The molecule has 4 atom stereocenters. The zero-order chi connectivity index (χ0) is 17.1. The summed E-state index contributed by atoms with van der Waals surface area (Å²) in [5.41, 5.74) is 0. The molecule has 0 aromatic heterocycles. The molecule has 1 saturated heterocycles. The van der Waals surface area contributed by atoms with Crippen molar-refractivity contribution >= 4 is 23.6 Å². The van der Waals surface area contributed by atoms with E-state index >= 15 is 0 Å². The molecule has 0 radical (unpaired) electrons. The van der Waals surface area contributed by atoms with Gasteiger partial charge in [0.1, 0.15) is 17.9 Å². The van der Waals surface area contributed by atoms with Crippen molar-refractivity contribution in [3.63, 3.8) is 0 Å². The van der Waals surface area contributed by atoms with Crippen LogP contribution < -0.4 is 5.32 Å². The third kappa shape index (κ3) is 4.07. The van der Waals surface area contributed by atoms with Gasteiger partial charge < -0.3 is 20.4 Å². The summed E-state index contributed by atoms with van der Waals surface area (Å²) in [6.07, 6.45) is 1.05. The van der Waals surface area contributed by atoms with Crippen LogP contribution in [-0.2, 0) is 19.2 Å². The molecule has 1 heterocycles. The Bertz CT molecular complexity index is 520. The van der Waals surface area contributed by atoms with Crippen LogP contribution in [0.15, 0.2) is 0 Å². The van der Waals surface area contributed by atoms with Crippen LogP contribution in [0.4, 0.5) is 0 Å². The summed E-state index contributed by atoms with van der Waals surface area (Å²) in [7, 11) is 0. The van der Waals surface area contributed by atoms with Gasteiger partial charge in [-0.2, -0.15) is 0 Å². The lowest BCUT2D eigenvalue weighted by Crippen LogP contribution is -2.53. The van der Waals surface area contributed by atoms with Gasteiger partial charge >= 0.3 is 5.97 Å². The number of Topliss-reactive ketones (excluding diaryl/α,β-unsaturated/α-hetero) is 1. The number of aliphatic carboxylic acids is 1. The average Bonchev–Trinajstić information content (AvgIpc) is 2.86. The predicted octanol–water partition coefficient (Wildman–Crippen LogP) is -0.703. The Balaban J connectivity index is 2.07. The maximum atomic E-state index is 12.4. The van der Waals surface area contributed by atoms with E-state index in [2.05, 4.69) is 5.32 Å². The van der Waals surface area contributed by atoms with Gasteiger partial charge in [-0.1, -0.05) is 0 Å². The summed E-state index contributed by atoms with van der Waals surface area (Å²) in [6, 6.07) is -2.03. The van der Waals surface area contributed by atoms with Crippen LogP contribution in [0.5, 0.6) is 0 Å². The molecule has 1 saturated carbocycles. The number of amides is 2. The summed E-state index contributed by atoms with van der Waals surface area (Å²) in [4.78, 5) is 48.2. The van der Waals surface area contributed by atoms with Crippen LogP contribution in [0, 0.1) is 5.92 Å². The summed E-state index contributed by atoms with van der Waals surface area (Å²) in [5, 5.41) is 21.5. The highest BCUT2D eigenvalue weighted by atomic mass is 16.4. The lowest BCUT2D eigenvalue weighted by molar-refractivity contribution is -0.145. The number of aliphatic hydroxyl groups is 1. The van der Waals surface area contributed by atoms with Gasteiger partial charge in [0, 0.05) is 32.7 Å². The molecule has 8 nitrogen and oxygen atoms in total. The van der Waals surface area contributed by atoms with Crippen LogP contribution in [0.3, 0.4) is 0 Å². The highest BCUT2D eigenvalue weighted by Gasteiger charge is 2.40. The third-order valence-corrected chi connectivity index (χ3v) is 4.54. The first-order valence-corrected chi connectivity index (χ1v) is 7.79. The van der Waals surface area contributed by atoms with Gasteiger partial charge in [-0.15, -0.1) is 0 Å². The number of carbonyl (C=O) groups excluding carboxylic acids is 3. The SMILES string of the molecule is CC(=O)N1C[C@H](O)C[C@H]1C(=O)N[C@H](C(=O)O)[C@H]1CCCC(=O)C1. The highest BCUT2D eigenvalue weighted by molar-refractivity contribution is 5.91. The monoisotopic (exact) mass is 326 g/mol. The first-order chi connectivity index (χ1) is 10.8. The number of carbonyl (C=O) groups is 4. The Morgan fingerprint density at radius 1 is 1.35 bits per heavy atom. The number of hydrogen-bond donors (Lipinski definition) is 3. The summed E-state index contributed by atoms with van der Waals surface area (Å²) >= 11 is 0. The van der Waals surface area contributed by atoms with Crippen molar-refractivity contribution in [1.82, 2.24) is 10.2 Å². The molecule has 0 spiro atoms. The average molecular weight is 326 g/mol. The molecule has 0 unspecified atom stereocenters. The predicted molar refractivity (Wildman–Crippen MR) is 78.3 cm³/mol. The summed E-state index contributed by atoms with van der Waals surface area (Å²) < 4.78 is 0. The first kappa shape index (κ1) is 17.4. The second kappa shape index (κ2) is 7.08. The second-order valence-corrected chi connectivity index (χ2v) is 6.30. The minimum Gasteiger partial charge on any atom is -0.480 e. The molecule has 0 bridgehead atoms. The van der Waals surface area contributed by atoms with Crippen LogP contribution in [0.2, 0.25) is 0 Å². The van der Waals surface area contributed by atoms with Gasteiger partial charge in [0.2, 0.25) is 11.8 Å². The van der Waals surface area contributed by atoms with Crippen molar-refractivity contribution < 1.29 is 29.4 Å².